The molecule has 2 N–H and O–H groups in total. The number of aromatic nitrogens is 2. The van der Waals surface area contributed by atoms with E-state index >= 15 is 0 Å². The van der Waals surface area contributed by atoms with Crippen molar-refractivity contribution in [2.45, 2.75) is 26.4 Å². The lowest BCUT2D eigenvalue weighted by Gasteiger charge is -2.11. The molecule has 1 aromatic heterocycles. The van der Waals surface area contributed by atoms with Crippen LogP contribution in [-0.2, 0) is 12.6 Å². The number of nitrogen functional groups attached to an aromatic ring is 1. The van der Waals surface area contributed by atoms with Crippen molar-refractivity contribution in [2.24, 2.45) is 0 Å². The summed E-state index contributed by atoms with van der Waals surface area (Å²) in [7, 11) is 0. The van der Waals surface area contributed by atoms with Crippen molar-refractivity contribution in [3.05, 3.63) is 41.1 Å². The lowest BCUT2D eigenvalue weighted by molar-refractivity contribution is -0.137. The van der Waals surface area contributed by atoms with Crippen molar-refractivity contribution in [2.75, 3.05) is 5.73 Å². The predicted octanol–water partition coefficient (Wildman–Crippen LogP) is 3.62. The van der Waals surface area contributed by atoms with Crippen LogP contribution in [0.15, 0.2) is 24.3 Å². The Balaban J connectivity index is 2.52. The minimum atomic E-state index is -4.39. The second-order valence-corrected chi connectivity index (χ2v) is 4.43. The Kier molecular flexibility index (Phi) is 3.65. The van der Waals surface area contributed by atoms with Crippen molar-refractivity contribution in [3.63, 3.8) is 0 Å². The molecule has 3 nitrogen and oxygen atoms in total. The molecule has 1 heterocycles. The molecule has 0 aliphatic rings. The van der Waals surface area contributed by atoms with Gasteiger partial charge in [0.15, 0.2) is 5.82 Å². The lowest BCUT2D eigenvalue weighted by atomic mass is 10.1. The van der Waals surface area contributed by atoms with Crippen molar-refractivity contribution in [1.82, 2.24) is 9.97 Å². The first-order valence-electron chi connectivity index (χ1n) is 6.13. The van der Waals surface area contributed by atoms with Crippen LogP contribution < -0.4 is 5.73 Å². The summed E-state index contributed by atoms with van der Waals surface area (Å²) in [5.74, 6) is 0.524. The highest BCUT2D eigenvalue weighted by molar-refractivity contribution is 5.60. The van der Waals surface area contributed by atoms with Gasteiger partial charge in [0.05, 0.1) is 5.56 Å². The minimum Gasteiger partial charge on any atom is -0.383 e. The predicted molar refractivity (Wildman–Crippen MR) is 71.0 cm³/mol. The molecule has 0 saturated carbocycles. The van der Waals surface area contributed by atoms with Gasteiger partial charge in [-0.05, 0) is 25.5 Å². The summed E-state index contributed by atoms with van der Waals surface area (Å²) in [5, 5.41) is 0. The van der Waals surface area contributed by atoms with Gasteiger partial charge in [-0.2, -0.15) is 13.2 Å². The third-order valence-electron chi connectivity index (χ3n) is 3.05. The third-order valence-corrected chi connectivity index (χ3v) is 3.05. The fourth-order valence-corrected chi connectivity index (χ4v) is 2.02. The van der Waals surface area contributed by atoms with E-state index in [1.165, 1.54) is 12.1 Å². The van der Waals surface area contributed by atoms with E-state index in [0.717, 1.165) is 17.7 Å². The summed E-state index contributed by atoms with van der Waals surface area (Å²) in [6.45, 7) is 3.69. The second-order valence-electron chi connectivity index (χ2n) is 4.43. The topological polar surface area (TPSA) is 51.8 Å². The van der Waals surface area contributed by atoms with E-state index in [4.69, 9.17) is 5.73 Å². The van der Waals surface area contributed by atoms with E-state index < -0.39 is 11.7 Å². The first kappa shape index (κ1) is 14.3. The van der Waals surface area contributed by atoms with Gasteiger partial charge < -0.3 is 5.73 Å². The van der Waals surface area contributed by atoms with Crippen LogP contribution in [0.25, 0.3) is 11.4 Å². The van der Waals surface area contributed by atoms with Gasteiger partial charge in [0, 0.05) is 16.8 Å². The standard InChI is InChI=1S/C14H14F3N3/c1-3-11-8(2)19-13(20-12(11)18)9-5-4-6-10(7-9)14(15,16)17/h4-7H,3H2,1-2H3,(H2,18,19,20). The Morgan fingerprint density at radius 1 is 1.20 bits per heavy atom. The molecule has 0 saturated heterocycles. The summed E-state index contributed by atoms with van der Waals surface area (Å²) in [4.78, 5) is 8.34. The molecule has 0 aliphatic carbocycles. The Bertz CT molecular complexity index is 613. The zero-order valence-corrected chi connectivity index (χ0v) is 11.1. The molecule has 0 fully saturated rings. The molecule has 0 aliphatic heterocycles. The number of alkyl halides is 3. The van der Waals surface area contributed by atoms with Gasteiger partial charge in [-0.1, -0.05) is 19.1 Å². The van der Waals surface area contributed by atoms with E-state index in [1.807, 2.05) is 6.92 Å². The smallest absolute Gasteiger partial charge is 0.383 e. The Morgan fingerprint density at radius 3 is 2.45 bits per heavy atom. The Hall–Kier alpha value is -2.11. The average Bonchev–Trinajstić information content (AvgIpc) is 2.37. The van der Waals surface area contributed by atoms with E-state index in [9.17, 15) is 13.2 Å². The lowest BCUT2D eigenvalue weighted by Crippen LogP contribution is -2.07. The molecule has 106 valence electrons. The van der Waals surface area contributed by atoms with Crippen LogP contribution in [0.3, 0.4) is 0 Å². The number of hydrogen-bond acceptors (Lipinski definition) is 3. The van der Waals surface area contributed by atoms with Crippen molar-refractivity contribution in [1.29, 1.82) is 0 Å². The maximum atomic E-state index is 12.7. The molecule has 0 spiro atoms. The highest BCUT2D eigenvalue weighted by Crippen LogP contribution is 2.31. The number of anilines is 1. The number of aryl methyl sites for hydroxylation is 1. The fourth-order valence-electron chi connectivity index (χ4n) is 2.02. The summed E-state index contributed by atoms with van der Waals surface area (Å²) in [6, 6.07) is 4.91. The maximum Gasteiger partial charge on any atom is 0.416 e. The van der Waals surface area contributed by atoms with Crippen LogP contribution in [-0.4, -0.2) is 9.97 Å². The second kappa shape index (κ2) is 5.11. The molecule has 0 bridgehead atoms. The molecule has 20 heavy (non-hydrogen) atoms. The largest absolute Gasteiger partial charge is 0.416 e. The van der Waals surface area contributed by atoms with E-state index in [-0.39, 0.29) is 5.82 Å². The monoisotopic (exact) mass is 281 g/mol. The number of nitrogens with two attached hydrogens (primary N) is 1. The molecule has 0 atom stereocenters. The van der Waals surface area contributed by atoms with Crippen molar-refractivity contribution < 1.29 is 13.2 Å². The zero-order chi connectivity index (χ0) is 14.9. The van der Waals surface area contributed by atoms with Gasteiger partial charge >= 0.3 is 6.18 Å². The Labute approximate surface area is 114 Å². The summed E-state index contributed by atoms with van der Waals surface area (Å²) >= 11 is 0. The van der Waals surface area contributed by atoms with Crippen molar-refractivity contribution >= 4 is 5.82 Å². The van der Waals surface area contributed by atoms with Crippen LogP contribution in [0.5, 0.6) is 0 Å². The number of benzene rings is 1. The summed E-state index contributed by atoms with van der Waals surface area (Å²) in [6.07, 6.45) is -3.71. The number of halogens is 3. The van der Waals surface area contributed by atoms with E-state index in [0.29, 0.717) is 23.5 Å². The van der Waals surface area contributed by atoms with Gasteiger partial charge in [-0.3, -0.25) is 0 Å². The summed E-state index contributed by atoms with van der Waals surface area (Å²) in [5.41, 5.74) is 6.90. The van der Waals surface area contributed by atoms with Gasteiger partial charge in [0.1, 0.15) is 5.82 Å². The molecule has 2 rings (SSSR count). The molecule has 2 aromatic rings. The number of nitrogens with zero attached hydrogens (tertiary/aromatic N) is 2. The average molecular weight is 281 g/mol. The van der Waals surface area contributed by atoms with Crippen LogP contribution in [0, 0.1) is 6.92 Å². The maximum absolute atomic E-state index is 12.7. The minimum absolute atomic E-state index is 0.211. The first-order valence-corrected chi connectivity index (χ1v) is 6.13. The SMILES string of the molecule is CCc1c(C)nc(-c2cccc(C(F)(F)F)c2)nc1N. The van der Waals surface area contributed by atoms with Crippen LogP contribution in [0.4, 0.5) is 19.0 Å². The van der Waals surface area contributed by atoms with Crippen LogP contribution in [0.1, 0.15) is 23.7 Å². The zero-order valence-electron chi connectivity index (χ0n) is 11.1. The van der Waals surface area contributed by atoms with Crippen LogP contribution >= 0.6 is 0 Å². The van der Waals surface area contributed by atoms with E-state index in [1.54, 1.807) is 6.92 Å². The van der Waals surface area contributed by atoms with E-state index in [2.05, 4.69) is 9.97 Å². The Morgan fingerprint density at radius 2 is 1.90 bits per heavy atom. The molecular formula is C14H14F3N3. The molecule has 1 aromatic carbocycles. The highest BCUT2D eigenvalue weighted by atomic mass is 19.4. The van der Waals surface area contributed by atoms with Gasteiger partial charge in [-0.15, -0.1) is 0 Å². The number of rotatable bonds is 2. The molecule has 0 radical (unpaired) electrons. The molecular weight excluding hydrogens is 267 g/mol. The summed E-state index contributed by atoms with van der Waals surface area (Å²) < 4.78 is 38.1. The number of hydrogen-bond donors (Lipinski definition) is 1. The molecule has 6 heteroatoms. The quantitative estimate of drug-likeness (QED) is 0.914. The molecule has 0 amide bonds. The van der Waals surface area contributed by atoms with Crippen molar-refractivity contribution in [3.8, 4) is 11.4 Å². The van der Waals surface area contributed by atoms with Crippen LogP contribution in [0.2, 0.25) is 0 Å². The van der Waals surface area contributed by atoms with Gasteiger partial charge in [0.25, 0.3) is 0 Å². The fraction of sp³-hybridized carbons (Fsp3) is 0.286. The normalized spacial score (nSPS) is 11.7. The van der Waals surface area contributed by atoms with Gasteiger partial charge in [0.2, 0.25) is 0 Å². The third kappa shape index (κ3) is 2.74. The first-order chi connectivity index (χ1) is 9.32. The molecule has 0 unspecified atom stereocenters. The van der Waals surface area contributed by atoms with Gasteiger partial charge in [-0.25, -0.2) is 9.97 Å². The highest BCUT2D eigenvalue weighted by Gasteiger charge is 2.30.